The number of pyridine rings is 1. The Bertz CT molecular complexity index is 1010. The molecule has 3 rings (SSSR count). The van der Waals surface area contributed by atoms with Gasteiger partial charge in [0.2, 0.25) is 5.56 Å². The number of hydrogen-bond donors (Lipinski definition) is 3. The number of H-pyrrole nitrogens is 1. The average Bonchev–Trinajstić information content (AvgIpc) is 2.75. The van der Waals surface area contributed by atoms with Crippen molar-refractivity contribution in [3.63, 3.8) is 0 Å². The van der Waals surface area contributed by atoms with E-state index in [4.69, 9.17) is 0 Å². The Morgan fingerprint density at radius 2 is 1.59 bits per heavy atom. The summed E-state index contributed by atoms with van der Waals surface area (Å²) >= 11 is 0. The van der Waals surface area contributed by atoms with E-state index in [1.165, 1.54) is 18.3 Å². The number of carbonyl (C=O) groups excluding carboxylic acids is 2. The molecule has 0 aliphatic heterocycles. The fraction of sp³-hybridized carbons (Fsp3) is 0.174. The van der Waals surface area contributed by atoms with Gasteiger partial charge in [0.15, 0.2) is 0 Å². The quantitative estimate of drug-likeness (QED) is 0.572. The van der Waals surface area contributed by atoms with Crippen LogP contribution in [0.2, 0.25) is 0 Å². The first-order chi connectivity index (χ1) is 14.1. The van der Waals surface area contributed by atoms with Crippen molar-refractivity contribution in [3.05, 3.63) is 100.0 Å². The number of benzene rings is 2. The third-order valence-electron chi connectivity index (χ3n) is 4.54. The summed E-state index contributed by atoms with van der Waals surface area (Å²) in [5.74, 6) is -0.503. The van der Waals surface area contributed by atoms with Gasteiger partial charge in [-0.1, -0.05) is 43.7 Å². The van der Waals surface area contributed by atoms with Crippen LogP contribution < -0.4 is 16.2 Å². The lowest BCUT2D eigenvalue weighted by molar-refractivity contribution is 0.0934. The number of carbonyl (C=O) groups is 2. The van der Waals surface area contributed by atoms with E-state index < -0.39 is 0 Å². The largest absolute Gasteiger partial charge is 0.345 e. The van der Waals surface area contributed by atoms with Gasteiger partial charge in [-0.2, -0.15) is 0 Å². The number of aromatic amines is 1. The highest BCUT2D eigenvalue weighted by molar-refractivity contribution is 6.04. The van der Waals surface area contributed by atoms with E-state index in [1.807, 2.05) is 30.3 Å². The average molecular weight is 389 g/mol. The van der Waals surface area contributed by atoms with Crippen LogP contribution in [0.15, 0.2) is 77.7 Å². The topological polar surface area (TPSA) is 91.1 Å². The van der Waals surface area contributed by atoms with Crippen molar-refractivity contribution in [2.45, 2.75) is 25.8 Å². The van der Waals surface area contributed by atoms with Gasteiger partial charge in [-0.3, -0.25) is 14.4 Å². The van der Waals surface area contributed by atoms with Crippen LogP contribution in [-0.4, -0.2) is 16.8 Å². The molecule has 6 heteroatoms. The van der Waals surface area contributed by atoms with Gasteiger partial charge in [-0.05, 0) is 42.3 Å². The van der Waals surface area contributed by atoms with Gasteiger partial charge in [0.05, 0.1) is 11.6 Å². The van der Waals surface area contributed by atoms with Crippen molar-refractivity contribution in [3.8, 4) is 0 Å². The summed E-state index contributed by atoms with van der Waals surface area (Å²) in [4.78, 5) is 38.4. The predicted octanol–water partition coefficient (Wildman–Crippen LogP) is 3.90. The minimum absolute atomic E-state index is 0.0479. The highest BCUT2D eigenvalue weighted by atomic mass is 16.2. The number of anilines is 1. The number of nitrogens with one attached hydrogen (secondary N) is 3. The summed E-state index contributed by atoms with van der Waals surface area (Å²) in [7, 11) is 0. The SMILES string of the molecule is CCCC(NC(=O)c1ccc(NC(=O)c2ccc(=O)[nH]c2)cc1)c1ccccc1. The fourth-order valence-electron chi connectivity index (χ4n) is 3.00. The molecule has 2 aromatic carbocycles. The van der Waals surface area contributed by atoms with Crippen LogP contribution >= 0.6 is 0 Å². The summed E-state index contributed by atoms with van der Waals surface area (Å²) in [6.07, 6.45) is 3.16. The Balaban J connectivity index is 1.65. The normalized spacial score (nSPS) is 11.5. The molecule has 2 amide bonds. The molecular weight excluding hydrogens is 366 g/mol. The van der Waals surface area contributed by atoms with E-state index in [0.717, 1.165) is 18.4 Å². The molecule has 6 nitrogen and oxygen atoms in total. The highest BCUT2D eigenvalue weighted by Gasteiger charge is 2.15. The van der Waals surface area contributed by atoms with Crippen LogP contribution in [-0.2, 0) is 0 Å². The van der Waals surface area contributed by atoms with E-state index >= 15 is 0 Å². The van der Waals surface area contributed by atoms with Crippen molar-refractivity contribution < 1.29 is 9.59 Å². The zero-order valence-corrected chi connectivity index (χ0v) is 16.1. The van der Waals surface area contributed by atoms with Crippen LogP contribution in [0.25, 0.3) is 0 Å². The Hall–Kier alpha value is -3.67. The molecule has 1 aromatic heterocycles. The van der Waals surface area contributed by atoms with Crippen LogP contribution in [0.3, 0.4) is 0 Å². The lowest BCUT2D eigenvalue weighted by Crippen LogP contribution is -2.28. The molecular formula is C23H23N3O3. The molecule has 3 N–H and O–H groups in total. The first kappa shape index (κ1) is 20.1. The lowest BCUT2D eigenvalue weighted by Gasteiger charge is -2.19. The maximum Gasteiger partial charge on any atom is 0.257 e. The molecule has 0 aliphatic rings. The minimum atomic E-state index is -0.342. The summed E-state index contributed by atoms with van der Waals surface area (Å²) in [6, 6.07) is 19.3. The molecule has 0 radical (unpaired) electrons. The second-order valence-corrected chi connectivity index (χ2v) is 6.70. The van der Waals surface area contributed by atoms with Crippen molar-refractivity contribution in [1.29, 1.82) is 0 Å². The first-order valence-corrected chi connectivity index (χ1v) is 9.53. The first-order valence-electron chi connectivity index (χ1n) is 9.53. The molecule has 0 saturated heterocycles. The van der Waals surface area contributed by atoms with Gasteiger partial charge in [0, 0.05) is 23.5 Å². The third-order valence-corrected chi connectivity index (χ3v) is 4.54. The third kappa shape index (κ3) is 5.42. The molecule has 0 fully saturated rings. The molecule has 1 unspecified atom stereocenters. The van der Waals surface area contributed by atoms with Crippen LogP contribution in [0.5, 0.6) is 0 Å². The lowest BCUT2D eigenvalue weighted by atomic mass is 10.0. The van der Waals surface area contributed by atoms with Gasteiger partial charge < -0.3 is 15.6 Å². The Labute approximate surface area is 169 Å². The highest BCUT2D eigenvalue weighted by Crippen LogP contribution is 2.19. The van der Waals surface area contributed by atoms with E-state index in [-0.39, 0.29) is 23.4 Å². The second-order valence-electron chi connectivity index (χ2n) is 6.70. The second kappa shape index (κ2) is 9.50. The maximum atomic E-state index is 12.7. The molecule has 0 spiro atoms. The summed E-state index contributed by atoms with van der Waals surface area (Å²) in [5.41, 5.74) is 2.23. The summed E-state index contributed by atoms with van der Waals surface area (Å²) in [5, 5.41) is 5.82. The van der Waals surface area contributed by atoms with Crippen LogP contribution in [0.4, 0.5) is 5.69 Å². The summed E-state index contributed by atoms with van der Waals surface area (Å²) in [6.45, 7) is 2.09. The van der Waals surface area contributed by atoms with Gasteiger partial charge in [-0.15, -0.1) is 0 Å². The minimum Gasteiger partial charge on any atom is -0.345 e. The Morgan fingerprint density at radius 3 is 2.21 bits per heavy atom. The number of aromatic nitrogens is 1. The number of rotatable bonds is 7. The summed E-state index contributed by atoms with van der Waals surface area (Å²) < 4.78 is 0. The monoisotopic (exact) mass is 389 g/mol. The molecule has 0 bridgehead atoms. The van der Waals surface area contributed by atoms with Gasteiger partial charge in [-0.25, -0.2) is 0 Å². The van der Waals surface area contributed by atoms with Crippen molar-refractivity contribution in [1.82, 2.24) is 10.3 Å². The Morgan fingerprint density at radius 1 is 0.897 bits per heavy atom. The zero-order valence-electron chi connectivity index (χ0n) is 16.1. The molecule has 0 aliphatic carbocycles. The zero-order chi connectivity index (χ0) is 20.6. The smallest absolute Gasteiger partial charge is 0.257 e. The standard InChI is InChI=1S/C23H23N3O3/c1-2-6-20(16-7-4-3-5-8-16)26-22(28)17-9-12-19(13-10-17)25-23(29)18-11-14-21(27)24-15-18/h3-5,7-15,20H,2,6H2,1H3,(H,24,27)(H,25,29)(H,26,28). The van der Waals surface area contributed by atoms with Gasteiger partial charge in [0.1, 0.15) is 0 Å². The van der Waals surface area contributed by atoms with Crippen molar-refractivity contribution in [2.24, 2.45) is 0 Å². The molecule has 0 saturated carbocycles. The number of amides is 2. The molecule has 1 atom stereocenters. The molecule has 148 valence electrons. The fourth-order valence-corrected chi connectivity index (χ4v) is 3.00. The van der Waals surface area contributed by atoms with Gasteiger partial charge in [0.25, 0.3) is 11.8 Å². The van der Waals surface area contributed by atoms with Crippen molar-refractivity contribution >= 4 is 17.5 Å². The van der Waals surface area contributed by atoms with E-state index in [9.17, 15) is 14.4 Å². The molecule has 29 heavy (non-hydrogen) atoms. The van der Waals surface area contributed by atoms with Crippen LogP contribution in [0, 0.1) is 0 Å². The van der Waals surface area contributed by atoms with Gasteiger partial charge >= 0.3 is 0 Å². The molecule has 3 aromatic rings. The van der Waals surface area contributed by atoms with Crippen LogP contribution in [0.1, 0.15) is 52.1 Å². The van der Waals surface area contributed by atoms with E-state index in [2.05, 4.69) is 22.5 Å². The van der Waals surface area contributed by atoms with Crippen molar-refractivity contribution in [2.75, 3.05) is 5.32 Å². The van der Waals surface area contributed by atoms with E-state index in [1.54, 1.807) is 24.3 Å². The predicted molar refractivity (Wildman–Crippen MR) is 113 cm³/mol. The molecule has 1 heterocycles. The Kier molecular flexibility index (Phi) is 6.58. The number of hydrogen-bond acceptors (Lipinski definition) is 3. The van der Waals surface area contributed by atoms with E-state index in [0.29, 0.717) is 16.8 Å². The maximum absolute atomic E-state index is 12.7.